The van der Waals surface area contributed by atoms with Crippen molar-refractivity contribution >= 4 is 28.8 Å². The van der Waals surface area contributed by atoms with Gasteiger partial charge in [0, 0.05) is 30.4 Å². The highest BCUT2D eigenvalue weighted by molar-refractivity contribution is 7.80. The summed E-state index contributed by atoms with van der Waals surface area (Å²) in [7, 11) is 1.85. The van der Waals surface area contributed by atoms with Crippen LogP contribution in [0.25, 0.3) is 0 Å². The Morgan fingerprint density at radius 2 is 2.00 bits per heavy atom. The fourth-order valence-corrected chi connectivity index (χ4v) is 3.14. The molecule has 1 amide bonds. The van der Waals surface area contributed by atoms with Gasteiger partial charge in [0.05, 0.1) is 4.99 Å². The van der Waals surface area contributed by atoms with Crippen molar-refractivity contribution in [2.75, 3.05) is 18.5 Å². The number of hydrogen-bond acceptors (Lipinski definition) is 2. The summed E-state index contributed by atoms with van der Waals surface area (Å²) in [6.07, 6.45) is 0.921. The summed E-state index contributed by atoms with van der Waals surface area (Å²) < 4.78 is 0. The van der Waals surface area contributed by atoms with Gasteiger partial charge in [0.25, 0.3) is 5.91 Å². The maximum Gasteiger partial charge on any atom is 0.253 e. The molecule has 0 saturated carbocycles. The lowest BCUT2D eigenvalue weighted by atomic mass is 9.97. The van der Waals surface area contributed by atoms with Crippen LogP contribution in [-0.4, -0.2) is 34.9 Å². The number of carbonyl (C=O) groups is 1. The lowest BCUT2D eigenvalue weighted by Gasteiger charge is -2.37. The van der Waals surface area contributed by atoms with E-state index in [0.717, 1.165) is 34.8 Å². The SMILES string of the molecule is CC(=S)N(c1ccc2c(c1)C(=O)N(C)CC2)C(C)(C)C. The maximum absolute atomic E-state index is 12.3. The van der Waals surface area contributed by atoms with Crippen molar-refractivity contribution in [3.63, 3.8) is 0 Å². The molecule has 0 aromatic heterocycles. The first kappa shape index (κ1) is 15.0. The second-order valence-electron chi connectivity index (χ2n) is 6.34. The highest BCUT2D eigenvalue weighted by Crippen LogP contribution is 2.29. The van der Waals surface area contributed by atoms with Crippen molar-refractivity contribution in [3.05, 3.63) is 29.3 Å². The Morgan fingerprint density at radius 1 is 1.35 bits per heavy atom. The van der Waals surface area contributed by atoms with Crippen LogP contribution in [0.3, 0.4) is 0 Å². The Labute approximate surface area is 126 Å². The van der Waals surface area contributed by atoms with Crippen molar-refractivity contribution in [2.24, 2.45) is 0 Å². The van der Waals surface area contributed by atoms with Crippen molar-refractivity contribution in [1.82, 2.24) is 4.90 Å². The van der Waals surface area contributed by atoms with Gasteiger partial charge in [-0.25, -0.2) is 0 Å². The monoisotopic (exact) mass is 290 g/mol. The Morgan fingerprint density at radius 3 is 2.55 bits per heavy atom. The Bertz CT molecular complexity index is 560. The normalized spacial score (nSPS) is 15.1. The maximum atomic E-state index is 12.3. The van der Waals surface area contributed by atoms with E-state index in [1.807, 2.05) is 20.0 Å². The molecule has 0 atom stereocenters. The molecule has 0 radical (unpaired) electrons. The first-order chi connectivity index (χ1) is 9.21. The summed E-state index contributed by atoms with van der Waals surface area (Å²) in [6.45, 7) is 9.08. The smallest absolute Gasteiger partial charge is 0.253 e. The summed E-state index contributed by atoms with van der Waals surface area (Å²) in [4.78, 5) is 17.0. The molecule has 2 rings (SSSR count). The second-order valence-corrected chi connectivity index (χ2v) is 6.93. The molecule has 1 aromatic rings. The largest absolute Gasteiger partial charge is 0.341 e. The third kappa shape index (κ3) is 2.70. The molecule has 0 N–H and O–H groups in total. The number of benzene rings is 1. The molecule has 0 bridgehead atoms. The zero-order valence-corrected chi connectivity index (χ0v) is 13.7. The summed E-state index contributed by atoms with van der Waals surface area (Å²) in [5.74, 6) is 0.101. The number of carbonyl (C=O) groups excluding carboxylic acids is 1. The van der Waals surface area contributed by atoms with Crippen LogP contribution in [0.15, 0.2) is 18.2 Å². The first-order valence-corrected chi connectivity index (χ1v) is 7.32. The van der Waals surface area contributed by atoms with E-state index in [2.05, 4.69) is 37.8 Å². The number of nitrogens with zero attached hydrogens (tertiary/aromatic N) is 2. The molecule has 20 heavy (non-hydrogen) atoms. The lowest BCUT2D eigenvalue weighted by Crippen LogP contribution is -2.44. The molecule has 0 unspecified atom stereocenters. The molecule has 0 aliphatic carbocycles. The van der Waals surface area contributed by atoms with E-state index in [4.69, 9.17) is 12.2 Å². The standard InChI is InChI=1S/C16H22N2OS/c1-11(20)18(16(2,3)4)13-7-6-12-8-9-17(5)15(19)14(12)10-13/h6-7,10H,8-9H2,1-5H3. The Kier molecular flexibility index (Phi) is 3.87. The summed E-state index contributed by atoms with van der Waals surface area (Å²) in [5, 5.41) is 0. The van der Waals surface area contributed by atoms with Gasteiger partial charge in [-0.3, -0.25) is 4.79 Å². The van der Waals surface area contributed by atoms with Gasteiger partial charge in [-0.15, -0.1) is 0 Å². The number of likely N-dealkylation sites (N-methyl/N-ethyl adjacent to an activating group) is 1. The zero-order chi connectivity index (χ0) is 15.1. The van der Waals surface area contributed by atoms with Crippen molar-refractivity contribution in [3.8, 4) is 0 Å². The zero-order valence-electron chi connectivity index (χ0n) is 12.9. The lowest BCUT2D eigenvalue weighted by molar-refractivity contribution is 0.0781. The van der Waals surface area contributed by atoms with Crippen LogP contribution in [0.2, 0.25) is 0 Å². The molecular formula is C16H22N2OS. The third-order valence-corrected chi connectivity index (χ3v) is 3.81. The molecule has 0 spiro atoms. The molecule has 1 aromatic carbocycles. The van der Waals surface area contributed by atoms with Crippen LogP contribution in [0.5, 0.6) is 0 Å². The topological polar surface area (TPSA) is 23.6 Å². The summed E-state index contributed by atoms with van der Waals surface area (Å²) >= 11 is 5.39. The highest BCUT2D eigenvalue weighted by atomic mass is 32.1. The fraction of sp³-hybridized carbons (Fsp3) is 0.500. The van der Waals surface area contributed by atoms with Crippen LogP contribution in [0.1, 0.15) is 43.6 Å². The van der Waals surface area contributed by atoms with Crippen LogP contribution in [-0.2, 0) is 6.42 Å². The van der Waals surface area contributed by atoms with E-state index < -0.39 is 0 Å². The van der Waals surface area contributed by atoms with Crippen molar-refractivity contribution < 1.29 is 4.79 Å². The van der Waals surface area contributed by atoms with E-state index in [0.29, 0.717) is 0 Å². The van der Waals surface area contributed by atoms with Gasteiger partial charge in [0.1, 0.15) is 0 Å². The number of fused-ring (bicyclic) bond motifs is 1. The third-order valence-electron chi connectivity index (χ3n) is 3.63. The minimum Gasteiger partial charge on any atom is -0.341 e. The molecule has 0 saturated heterocycles. The average Bonchev–Trinajstić information content (AvgIpc) is 2.32. The second kappa shape index (κ2) is 5.17. The van der Waals surface area contributed by atoms with E-state index in [9.17, 15) is 4.79 Å². The minimum absolute atomic E-state index is 0.101. The number of thiocarbonyl (C=S) groups is 1. The Balaban J connectivity index is 2.49. The van der Waals surface area contributed by atoms with E-state index >= 15 is 0 Å². The molecular weight excluding hydrogens is 268 g/mol. The van der Waals surface area contributed by atoms with Crippen LogP contribution in [0, 0.1) is 0 Å². The minimum atomic E-state index is -0.107. The molecule has 1 heterocycles. The molecule has 1 aliphatic rings. The molecule has 1 aliphatic heterocycles. The van der Waals surface area contributed by atoms with Gasteiger partial charge < -0.3 is 9.80 Å². The van der Waals surface area contributed by atoms with Crippen molar-refractivity contribution in [1.29, 1.82) is 0 Å². The number of amides is 1. The van der Waals surface area contributed by atoms with Crippen LogP contribution >= 0.6 is 12.2 Å². The predicted molar refractivity (Wildman–Crippen MR) is 87.6 cm³/mol. The van der Waals surface area contributed by atoms with Crippen LogP contribution in [0.4, 0.5) is 5.69 Å². The Hall–Kier alpha value is -1.42. The summed E-state index contributed by atoms with van der Waals surface area (Å²) in [6, 6.07) is 6.11. The van der Waals surface area contributed by atoms with Gasteiger partial charge in [-0.05, 0) is 51.8 Å². The number of rotatable bonds is 1. The fourth-order valence-electron chi connectivity index (χ4n) is 2.76. The van der Waals surface area contributed by atoms with E-state index in [-0.39, 0.29) is 11.4 Å². The van der Waals surface area contributed by atoms with E-state index in [1.165, 1.54) is 0 Å². The first-order valence-electron chi connectivity index (χ1n) is 6.91. The molecule has 4 heteroatoms. The van der Waals surface area contributed by atoms with E-state index in [1.54, 1.807) is 4.90 Å². The van der Waals surface area contributed by atoms with Crippen LogP contribution < -0.4 is 4.90 Å². The van der Waals surface area contributed by atoms with Crippen molar-refractivity contribution in [2.45, 2.75) is 39.7 Å². The number of anilines is 1. The molecule has 3 nitrogen and oxygen atoms in total. The van der Waals surface area contributed by atoms with Gasteiger partial charge in [-0.2, -0.15) is 0 Å². The predicted octanol–water partition coefficient (Wildman–Crippen LogP) is 3.27. The quantitative estimate of drug-likeness (QED) is 0.742. The highest BCUT2D eigenvalue weighted by Gasteiger charge is 2.27. The van der Waals surface area contributed by atoms with Gasteiger partial charge in [-0.1, -0.05) is 18.3 Å². The van der Waals surface area contributed by atoms with Gasteiger partial charge >= 0.3 is 0 Å². The average molecular weight is 290 g/mol. The molecule has 0 fully saturated rings. The van der Waals surface area contributed by atoms with Gasteiger partial charge in [0.15, 0.2) is 0 Å². The molecule has 108 valence electrons. The summed E-state index contributed by atoms with van der Waals surface area (Å²) in [5.41, 5.74) is 2.82. The van der Waals surface area contributed by atoms with Gasteiger partial charge in [0.2, 0.25) is 0 Å². The number of hydrogen-bond donors (Lipinski definition) is 0.